The number of nitrogens with zero attached hydrogens (tertiary/aromatic N) is 2. The predicted molar refractivity (Wildman–Crippen MR) is 150 cm³/mol. The van der Waals surface area contributed by atoms with E-state index in [-0.39, 0.29) is 41.8 Å². The first-order valence-corrected chi connectivity index (χ1v) is 14.3. The van der Waals surface area contributed by atoms with Crippen LogP contribution in [0.1, 0.15) is 54.8 Å². The number of hydrogen-bond acceptors (Lipinski definition) is 8. The van der Waals surface area contributed by atoms with E-state index in [0.717, 1.165) is 19.4 Å². The van der Waals surface area contributed by atoms with Crippen LogP contribution in [0, 0.1) is 5.41 Å². The third kappa shape index (κ3) is 8.03. The number of nitrogens with two attached hydrogens (primary N) is 1. The molecule has 2 aliphatic rings. The molecule has 1 aliphatic carbocycles. The van der Waals surface area contributed by atoms with Gasteiger partial charge in [0.05, 0.1) is 19.7 Å². The van der Waals surface area contributed by atoms with Gasteiger partial charge in [-0.2, -0.15) is 13.2 Å². The number of carbonyl (C=O) groups excluding carboxylic acids is 4. The molecule has 0 unspecified atom stereocenters. The standard InChI is InChI=1S/C28H32F3N5O6S/c1-16(37)42-35-25(32)19-11-18(43-24(19)28(29,30)31)14-34-26(40)20-12-27(2)13-21(27)36(20)23(39)15-33-22(38)9-6-10-41-17-7-4-3-5-8-17/h3-5,7-8,11,20-21H,6,9-10,12-15H2,1-2H3,(H2,32,35)(H,33,38)(H,34,40)/t20-,21-,27+/m0/s1. The Labute approximate surface area is 249 Å². The van der Waals surface area contributed by atoms with Gasteiger partial charge in [0.2, 0.25) is 17.7 Å². The highest BCUT2D eigenvalue weighted by Crippen LogP contribution is 2.59. The number of fused-ring (bicyclic) bond motifs is 1. The topological polar surface area (TPSA) is 152 Å². The molecule has 1 saturated carbocycles. The first-order valence-electron chi connectivity index (χ1n) is 13.5. The molecule has 2 aromatic rings. The zero-order valence-electron chi connectivity index (χ0n) is 23.5. The first-order chi connectivity index (χ1) is 20.3. The molecule has 4 rings (SSSR count). The molecule has 0 bridgehead atoms. The lowest BCUT2D eigenvalue weighted by Gasteiger charge is -2.27. The van der Waals surface area contributed by atoms with Crippen LogP contribution in [0.15, 0.2) is 41.6 Å². The number of thiophene rings is 1. The molecule has 1 aromatic carbocycles. The van der Waals surface area contributed by atoms with Crippen molar-refractivity contribution in [2.45, 2.75) is 64.3 Å². The molecule has 0 spiro atoms. The number of benzene rings is 1. The van der Waals surface area contributed by atoms with E-state index in [2.05, 4.69) is 20.6 Å². The molecular formula is C28H32F3N5O6S. The number of alkyl halides is 3. The molecule has 11 nitrogen and oxygen atoms in total. The normalized spacial score (nSPS) is 21.1. The fourth-order valence-electron chi connectivity index (χ4n) is 5.04. The predicted octanol–water partition coefficient (Wildman–Crippen LogP) is 2.92. The first kappa shape index (κ1) is 31.8. The van der Waals surface area contributed by atoms with Crippen molar-refractivity contribution >= 4 is 40.9 Å². The summed E-state index contributed by atoms with van der Waals surface area (Å²) in [7, 11) is 0. The lowest BCUT2D eigenvalue weighted by molar-refractivity contribution is -0.141. The van der Waals surface area contributed by atoms with Gasteiger partial charge in [0.25, 0.3) is 0 Å². The minimum absolute atomic E-state index is 0.132. The van der Waals surface area contributed by atoms with E-state index < -0.39 is 46.3 Å². The number of piperidine rings is 1. The summed E-state index contributed by atoms with van der Waals surface area (Å²) in [6.45, 7) is 2.79. The molecule has 2 fully saturated rings. The zero-order chi connectivity index (χ0) is 31.4. The molecule has 43 heavy (non-hydrogen) atoms. The summed E-state index contributed by atoms with van der Waals surface area (Å²) >= 11 is 0.369. The van der Waals surface area contributed by atoms with Crippen LogP contribution in [0.4, 0.5) is 13.2 Å². The van der Waals surface area contributed by atoms with Gasteiger partial charge >= 0.3 is 12.1 Å². The van der Waals surface area contributed by atoms with Crippen LogP contribution in [0.25, 0.3) is 0 Å². The van der Waals surface area contributed by atoms with E-state index in [1.54, 1.807) is 0 Å². The Morgan fingerprint density at radius 3 is 2.56 bits per heavy atom. The maximum atomic E-state index is 13.6. The van der Waals surface area contributed by atoms with Crippen LogP contribution in [0.3, 0.4) is 0 Å². The fourth-order valence-corrected chi connectivity index (χ4v) is 6.01. The van der Waals surface area contributed by atoms with Crippen molar-refractivity contribution in [3.8, 4) is 5.75 Å². The number of oxime groups is 1. The highest BCUT2D eigenvalue weighted by Gasteiger charge is 2.64. The lowest BCUT2D eigenvalue weighted by Crippen LogP contribution is -2.50. The average molecular weight is 624 g/mol. The molecule has 1 aromatic heterocycles. The number of rotatable bonds is 12. The third-order valence-electron chi connectivity index (χ3n) is 7.25. The minimum Gasteiger partial charge on any atom is -0.494 e. The van der Waals surface area contributed by atoms with Crippen LogP contribution < -0.4 is 21.1 Å². The van der Waals surface area contributed by atoms with E-state index in [0.29, 0.717) is 36.5 Å². The van der Waals surface area contributed by atoms with Crippen molar-refractivity contribution < 1.29 is 41.9 Å². The molecule has 232 valence electrons. The van der Waals surface area contributed by atoms with Crippen LogP contribution in [-0.2, 0) is 36.7 Å². The van der Waals surface area contributed by atoms with E-state index in [1.165, 1.54) is 4.90 Å². The second-order valence-electron chi connectivity index (χ2n) is 10.7. The van der Waals surface area contributed by atoms with Gasteiger partial charge in [-0.25, -0.2) is 4.79 Å². The maximum absolute atomic E-state index is 13.6. The summed E-state index contributed by atoms with van der Waals surface area (Å²) in [5.74, 6) is -2.04. The Bertz CT molecular complexity index is 1400. The molecule has 3 amide bonds. The Morgan fingerprint density at radius 1 is 1.16 bits per heavy atom. The van der Waals surface area contributed by atoms with Gasteiger partial charge in [-0.3, -0.25) is 14.4 Å². The van der Waals surface area contributed by atoms with Crippen molar-refractivity contribution in [2.75, 3.05) is 13.2 Å². The van der Waals surface area contributed by atoms with Crippen molar-refractivity contribution in [1.29, 1.82) is 0 Å². The fraction of sp³-hybridized carbons (Fsp3) is 0.464. The van der Waals surface area contributed by atoms with Crippen LogP contribution in [0.5, 0.6) is 5.75 Å². The highest BCUT2D eigenvalue weighted by molar-refractivity contribution is 7.12. The van der Waals surface area contributed by atoms with Crippen LogP contribution in [-0.4, -0.2) is 59.7 Å². The molecule has 2 heterocycles. The van der Waals surface area contributed by atoms with E-state index in [1.807, 2.05) is 37.3 Å². The van der Waals surface area contributed by atoms with Gasteiger partial charge in [0, 0.05) is 29.8 Å². The monoisotopic (exact) mass is 623 g/mol. The van der Waals surface area contributed by atoms with Gasteiger partial charge in [-0.15, -0.1) is 11.3 Å². The van der Waals surface area contributed by atoms with Crippen molar-refractivity contribution in [3.63, 3.8) is 0 Å². The number of nitrogens with one attached hydrogen (secondary N) is 2. The Balaban J connectivity index is 1.31. The van der Waals surface area contributed by atoms with E-state index >= 15 is 0 Å². The summed E-state index contributed by atoms with van der Waals surface area (Å²) in [5.41, 5.74) is 4.90. The van der Waals surface area contributed by atoms with E-state index in [9.17, 15) is 32.3 Å². The molecule has 1 saturated heterocycles. The van der Waals surface area contributed by atoms with Gasteiger partial charge in [-0.1, -0.05) is 30.3 Å². The van der Waals surface area contributed by atoms with Crippen LogP contribution >= 0.6 is 11.3 Å². The minimum atomic E-state index is -4.76. The Hall–Kier alpha value is -4.14. The average Bonchev–Trinajstić information content (AvgIpc) is 3.28. The molecule has 0 radical (unpaired) electrons. The molecule has 15 heteroatoms. The molecule has 4 N–H and O–H groups in total. The SMILES string of the molecule is CC(=O)O/N=C(\N)c1cc(CNC(=O)[C@@H]2C[C@]3(C)C[C@@H]3N2C(=O)CNC(=O)CCCOc2ccccc2)sc1C(F)(F)F. The summed E-state index contributed by atoms with van der Waals surface area (Å²) in [4.78, 5) is 54.4. The number of hydrogen-bond donors (Lipinski definition) is 3. The van der Waals surface area contributed by atoms with Gasteiger partial charge < -0.3 is 30.8 Å². The number of carbonyl (C=O) groups is 4. The number of ether oxygens (including phenoxy) is 1. The summed E-state index contributed by atoms with van der Waals surface area (Å²) in [6.07, 6.45) is -3.04. The lowest BCUT2D eigenvalue weighted by atomic mass is 10.0. The molecule has 1 aliphatic heterocycles. The number of amidine groups is 1. The summed E-state index contributed by atoms with van der Waals surface area (Å²) < 4.78 is 46.4. The maximum Gasteiger partial charge on any atom is 0.426 e. The quantitative estimate of drug-likeness (QED) is 0.108. The Kier molecular flexibility index (Phi) is 9.62. The second-order valence-corrected chi connectivity index (χ2v) is 11.8. The largest absolute Gasteiger partial charge is 0.494 e. The zero-order valence-corrected chi connectivity index (χ0v) is 24.3. The summed E-state index contributed by atoms with van der Waals surface area (Å²) in [6, 6.07) is 9.30. The van der Waals surface area contributed by atoms with E-state index in [4.69, 9.17) is 10.5 Å². The van der Waals surface area contributed by atoms with Crippen molar-refractivity contribution in [3.05, 3.63) is 51.7 Å². The summed E-state index contributed by atoms with van der Waals surface area (Å²) in [5, 5.41) is 8.46. The number of amides is 3. The number of likely N-dealkylation sites (tertiary alicyclic amines) is 1. The third-order valence-corrected chi connectivity index (χ3v) is 8.43. The van der Waals surface area contributed by atoms with Gasteiger partial charge in [0.1, 0.15) is 16.7 Å². The van der Waals surface area contributed by atoms with Gasteiger partial charge in [0.15, 0.2) is 5.84 Å². The van der Waals surface area contributed by atoms with Crippen molar-refractivity contribution in [2.24, 2.45) is 16.3 Å². The van der Waals surface area contributed by atoms with Crippen molar-refractivity contribution in [1.82, 2.24) is 15.5 Å². The van der Waals surface area contributed by atoms with Crippen LogP contribution in [0.2, 0.25) is 0 Å². The smallest absolute Gasteiger partial charge is 0.426 e. The molecular weight excluding hydrogens is 591 g/mol. The molecule has 3 atom stereocenters. The number of para-hydroxylation sites is 1. The van der Waals surface area contributed by atoms with Gasteiger partial charge in [-0.05, 0) is 42.9 Å². The number of halogens is 3. The Morgan fingerprint density at radius 2 is 1.88 bits per heavy atom. The highest BCUT2D eigenvalue weighted by atomic mass is 32.1. The second kappa shape index (κ2) is 13.0.